The van der Waals surface area contributed by atoms with Gasteiger partial charge in [0, 0.05) is 30.6 Å². The zero-order valence-electron chi connectivity index (χ0n) is 11.2. The minimum atomic E-state index is -1.27. The highest BCUT2D eigenvalue weighted by Crippen LogP contribution is 2.27. The van der Waals surface area contributed by atoms with Crippen LogP contribution in [0.4, 0.5) is 4.79 Å². The lowest BCUT2D eigenvalue weighted by Crippen LogP contribution is -2.25. The van der Waals surface area contributed by atoms with Crippen LogP contribution < -0.4 is 5.56 Å². The molecule has 2 rings (SSSR count). The molecule has 1 atom stereocenters. The maximum Gasteiger partial charge on any atom is 0.418 e. The second-order valence-corrected chi connectivity index (χ2v) is 4.58. The SMILES string of the molecule is CCCC(c1cccnc1)c1ccn(C(=O)O)c(=O)c1. The van der Waals surface area contributed by atoms with Gasteiger partial charge in [0.1, 0.15) is 0 Å². The first kappa shape index (κ1) is 14.0. The maximum atomic E-state index is 11.8. The first-order valence-electron chi connectivity index (χ1n) is 6.49. The Kier molecular flexibility index (Phi) is 4.30. The third-order valence-corrected chi connectivity index (χ3v) is 3.22. The molecule has 2 aromatic rings. The topological polar surface area (TPSA) is 72.2 Å². The summed E-state index contributed by atoms with van der Waals surface area (Å²) in [5.74, 6) is 0.0600. The van der Waals surface area contributed by atoms with E-state index >= 15 is 0 Å². The second-order valence-electron chi connectivity index (χ2n) is 4.58. The van der Waals surface area contributed by atoms with Crippen molar-refractivity contribution in [2.75, 3.05) is 0 Å². The average molecular weight is 272 g/mol. The molecule has 104 valence electrons. The quantitative estimate of drug-likeness (QED) is 0.928. The normalized spacial score (nSPS) is 12.1. The van der Waals surface area contributed by atoms with Crippen LogP contribution in [0.25, 0.3) is 0 Å². The van der Waals surface area contributed by atoms with Crippen molar-refractivity contribution in [1.82, 2.24) is 9.55 Å². The van der Waals surface area contributed by atoms with Crippen molar-refractivity contribution >= 4 is 6.09 Å². The van der Waals surface area contributed by atoms with Gasteiger partial charge in [-0.15, -0.1) is 0 Å². The van der Waals surface area contributed by atoms with Crippen molar-refractivity contribution in [2.24, 2.45) is 0 Å². The van der Waals surface area contributed by atoms with Gasteiger partial charge in [0.25, 0.3) is 5.56 Å². The Balaban J connectivity index is 2.43. The molecule has 0 radical (unpaired) electrons. The van der Waals surface area contributed by atoms with Gasteiger partial charge in [0.05, 0.1) is 0 Å². The van der Waals surface area contributed by atoms with Gasteiger partial charge < -0.3 is 5.11 Å². The Bertz CT molecular complexity index is 650. The number of hydrogen-bond donors (Lipinski definition) is 1. The molecule has 5 nitrogen and oxygen atoms in total. The van der Waals surface area contributed by atoms with Crippen LogP contribution >= 0.6 is 0 Å². The Hall–Kier alpha value is -2.43. The molecule has 0 aliphatic carbocycles. The summed E-state index contributed by atoms with van der Waals surface area (Å²) < 4.78 is 0.676. The fourth-order valence-corrected chi connectivity index (χ4v) is 2.27. The minimum Gasteiger partial charge on any atom is -0.464 e. The van der Waals surface area contributed by atoms with Crippen LogP contribution in [0.2, 0.25) is 0 Å². The first-order chi connectivity index (χ1) is 9.63. The summed E-state index contributed by atoms with van der Waals surface area (Å²) in [6, 6.07) is 6.90. The second kappa shape index (κ2) is 6.14. The van der Waals surface area contributed by atoms with E-state index in [1.165, 1.54) is 12.3 Å². The lowest BCUT2D eigenvalue weighted by Gasteiger charge is -2.16. The lowest BCUT2D eigenvalue weighted by molar-refractivity contribution is 0.195. The zero-order valence-corrected chi connectivity index (χ0v) is 11.2. The van der Waals surface area contributed by atoms with Gasteiger partial charge in [-0.3, -0.25) is 9.78 Å². The van der Waals surface area contributed by atoms with Crippen LogP contribution in [0.15, 0.2) is 47.7 Å². The molecule has 20 heavy (non-hydrogen) atoms. The third kappa shape index (κ3) is 2.93. The summed E-state index contributed by atoms with van der Waals surface area (Å²) in [6.07, 6.45) is 5.36. The monoisotopic (exact) mass is 272 g/mol. The fourth-order valence-electron chi connectivity index (χ4n) is 2.27. The van der Waals surface area contributed by atoms with Crippen molar-refractivity contribution in [2.45, 2.75) is 25.7 Å². The summed E-state index contributed by atoms with van der Waals surface area (Å²) in [6.45, 7) is 2.07. The highest BCUT2D eigenvalue weighted by molar-refractivity contribution is 5.67. The van der Waals surface area contributed by atoms with E-state index in [2.05, 4.69) is 11.9 Å². The zero-order chi connectivity index (χ0) is 14.5. The van der Waals surface area contributed by atoms with Gasteiger partial charge in [-0.1, -0.05) is 19.4 Å². The van der Waals surface area contributed by atoms with Crippen LogP contribution in [0.5, 0.6) is 0 Å². The van der Waals surface area contributed by atoms with Crippen molar-refractivity contribution in [3.8, 4) is 0 Å². The van der Waals surface area contributed by atoms with E-state index in [-0.39, 0.29) is 5.92 Å². The smallest absolute Gasteiger partial charge is 0.418 e. The minimum absolute atomic E-state index is 0.0600. The highest BCUT2D eigenvalue weighted by atomic mass is 16.4. The molecule has 0 aliphatic rings. The molecule has 0 amide bonds. The number of carboxylic acid groups (broad SMARTS) is 1. The standard InChI is InChI=1S/C15H16N2O3/c1-2-4-13(12-5-3-7-16-10-12)11-6-8-17(15(19)20)14(18)9-11/h3,5-10,13H,2,4H2,1H3,(H,19,20). The lowest BCUT2D eigenvalue weighted by atomic mass is 9.89. The summed E-state index contributed by atoms with van der Waals surface area (Å²) in [5, 5.41) is 8.87. The number of aromatic nitrogens is 2. The van der Waals surface area contributed by atoms with Gasteiger partial charge in [-0.05, 0) is 29.7 Å². The molecule has 0 fully saturated rings. The summed E-state index contributed by atoms with van der Waals surface area (Å²) in [4.78, 5) is 26.7. The van der Waals surface area contributed by atoms with E-state index in [1.807, 2.05) is 12.1 Å². The predicted molar refractivity (Wildman–Crippen MR) is 75.1 cm³/mol. The molecule has 0 spiro atoms. The largest absolute Gasteiger partial charge is 0.464 e. The molecular formula is C15H16N2O3. The molecule has 1 unspecified atom stereocenters. The van der Waals surface area contributed by atoms with Crippen molar-refractivity contribution in [3.63, 3.8) is 0 Å². The van der Waals surface area contributed by atoms with E-state index in [4.69, 9.17) is 5.11 Å². The van der Waals surface area contributed by atoms with Gasteiger partial charge >= 0.3 is 6.09 Å². The number of carbonyl (C=O) groups is 1. The molecule has 5 heteroatoms. The molecule has 0 aromatic carbocycles. The number of rotatable bonds is 4. The van der Waals surface area contributed by atoms with Crippen LogP contribution in [-0.4, -0.2) is 20.8 Å². The summed E-state index contributed by atoms with van der Waals surface area (Å²) in [5.41, 5.74) is 1.32. The molecule has 0 saturated heterocycles. The van der Waals surface area contributed by atoms with E-state index in [0.29, 0.717) is 4.57 Å². The van der Waals surface area contributed by atoms with E-state index in [9.17, 15) is 9.59 Å². The van der Waals surface area contributed by atoms with Crippen molar-refractivity contribution < 1.29 is 9.90 Å². The molecule has 2 heterocycles. The number of hydrogen-bond acceptors (Lipinski definition) is 3. The third-order valence-electron chi connectivity index (χ3n) is 3.22. The predicted octanol–water partition coefficient (Wildman–Crippen LogP) is 2.70. The van der Waals surface area contributed by atoms with Gasteiger partial charge in [-0.2, -0.15) is 0 Å². The Morgan fingerprint density at radius 1 is 1.40 bits per heavy atom. The molecule has 0 aliphatic heterocycles. The molecule has 1 N–H and O–H groups in total. The van der Waals surface area contributed by atoms with E-state index in [1.54, 1.807) is 18.5 Å². The summed E-state index contributed by atoms with van der Waals surface area (Å²) >= 11 is 0. The van der Waals surface area contributed by atoms with Crippen molar-refractivity contribution in [1.29, 1.82) is 0 Å². The van der Waals surface area contributed by atoms with Crippen LogP contribution in [0.3, 0.4) is 0 Å². The highest BCUT2D eigenvalue weighted by Gasteiger charge is 2.15. The van der Waals surface area contributed by atoms with Gasteiger partial charge in [-0.25, -0.2) is 9.36 Å². The van der Waals surface area contributed by atoms with Gasteiger partial charge in [0.2, 0.25) is 0 Å². The Labute approximate surface area is 116 Å². The number of nitrogens with zero attached hydrogens (tertiary/aromatic N) is 2. The van der Waals surface area contributed by atoms with Crippen LogP contribution in [0.1, 0.15) is 36.8 Å². The first-order valence-corrected chi connectivity index (χ1v) is 6.49. The molecule has 2 aromatic heterocycles. The Morgan fingerprint density at radius 2 is 2.20 bits per heavy atom. The molecule has 0 saturated carbocycles. The van der Waals surface area contributed by atoms with Crippen LogP contribution in [-0.2, 0) is 0 Å². The fraction of sp³-hybridized carbons (Fsp3) is 0.267. The van der Waals surface area contributed by atoms with E-state index in [0.717, 1.165) is 24.0 Å². The molecular weight excluding hydrogens is 256 g/mol. The van der Waals surface area contributed by atoms with Gasteiger partial charge in [0.15, 0.2) is 0 Å². The van der Waals surface area contributed by atoms with E-state index < -0.39 is 11.7 Å². The van der Waals surface area contributed by atoms with Crippen LogP contribution in [0, 0.1) is 0 Å². The number of pyridine rings is 2. The van der Waals surface area contributed by atoms with Crippen molar-refractivity contribution in [3.05, 3.63) is 64.3 Å². The summed E-state index contributed by atoms with van der Waals surface area (Å²) in [7, 11) is 0. The average Bonchev–Trinajstić information content (AvgIpc) is 2.45. The maximum absolute atomic E-state index is 11.8. The Morgan fingerprint density at radius 3 is 2.75 bits per heavy atom. The molecule has 0 bridgehead atoms.